The summed E-state index contributed by atoms with van der Waals surface area (Å²) in [6.45, 7) is 1.32. The van der Waals surface area contributed by atoms with Crippen molar-refractivity contribution in [3.05, 3.63) is 29.8 Å². The zero-order valence-electron chi connectivity index (χ0n) is 9.58. The second-order valence-electron chi connectivity index (χ2n) is 3.66. The standard InChI is InChI=1S/C12H10N4O2/c1-7(17)16-10-5-3-2-4-8(10)11(12(16)18)9(6-13)15-14/h2-5,18H,14H2,1H3/b15-9+. The largest absolute Gasteiger partial charge is 0.494 e. The Morgan fingerprint density at radius 1 is 1.50 bits per heavy atom. The van der Waals surface area contributed by atoms with Crippen LogP contribution in [0.4, 0.5) is 0 Å². The first-order chi connectivity index (χ1) is 8.61. The van der Waals surface area contributed by atoms with Crippen LogP contribution in [0.15, 0.2) is 29.4 Å². The van der Waals surface area contributed by atoms with Gasteiger partial charge in [-0.05, 0) is 6.07 Å². The molecule has 2 rings (SSSR count). The van der Waals surface area contributed by atoms with Crippen molar-refractivity contribution >= 4 is 22.5 Å². The zero-order valence-corrected chi connectivity index (χ0v) is 9.58. The van der Waals surface area contributed by atoms with E-state index < -0.39 is 0 Å². The van der Waals surface area contributed by atoms with Gasteiger partial charge in [0.15, 0.2) is 5.71 Å². The average molecular weight is 242 g/mol. The number of aromatic nitrogens is 1. The fraction of sp³-hybridized carbons (Fsp3) is 0.0833. The molecule has 0 radical (unpaired) electrons. The predicted molar refractivity (Wildman–Crippen MR) is 66.2 cm³/mol. The molecule has 0 aliphatic rings. The van der Waals surface area contributed by atoms with Gasteiger partial charge < -0.3 is 10.9 Å². The van der Waals surface area contributed by atoms with E-state index in [1.165, 1.54) is 6.92 Å². The van der Waals surface area contributed by atoms with Crippen molar-refractivity contribution in [1.29, 1.82) is 5.26 Å². The lowest BCUT2D eigenvalue weighted by atomic mass is 10.1. The summed E-state index contributed by atoms with van der Waals surface area (Å²) in [6, 6.07) is 8.62. The van der Waals surface area contributed by atoms with Crippen molar-refractivity contribution in [2.75, 3.05) is 0 Å². The highest BCUT2D eigenvalue weighted by Gasteiger charge is 2.22. The topological polar surface area (TPSA) is 104 Å². The number of hydrazone groups is 1. The Balaban J connectivity index is 2.96. The van der Waals surface area contributed by atoms with Gasteiger partial charge in [-0.15, -0.1) is 0 Å². The zero-order chi connectivity index (χ0) is 13.3. The van der Waals surface area contributed by atoms with Crippen LogP contribution in [-0.2, 0) is 0 Å². The molecule has 0 unspecified atom stereocenters. The van der Waals surface area contributed by atoms with E-state index in [2.05, 4.69) is 5.10 Å². The van der Waals surface area contributed by atoms with Gasteiger partial charge in [-0.3, -0.25) is 9.36 Å². The van der Waals surface area contributed by atoms with Crippen molar-refractivity contribution in [3.63, 3.8) is 0 Å². The Morgan fingerprint density at radius 2 is 2.17 bits per heavy atom. The van der Waals surface area contributed by atoms with Crippen LogP contribution in [0.25, 0.3) is 10.9 Å². The molecular formula is C12H10N4O2. The van der Waals surface area contributed by atoms with Crippen LogP contribution in [-0.4, -0.2) is 21.3 Å². The van der Waals surface area contributed by atoms with Crippen molar-refractivity contribution in [3.8, 4) is 11.9 Å². The molecule has 6 heteroatoms. The Hall–Kier alpha value is -2.81. The van der Waals surface area contributed by atoms with Gasteiger partial charge in [0.25, 0.3) is 0 Å². The Kier molecular flexibility index (Phi) is 2.73. The van der Waals surface area contributed by atoms with E-state index >= 15 is 0 Å². The third-order valence-corrected chi connectivity index (χ3v) is 2.64. The molecule has 0 aliphatic heterocycles. The molecule has 18 heavy (non-hydrogen) atoms. The SMILES string of the molecule is CC(=O)n1c(O)c(/C(C#N)=N/N)c2ccccc21. The van der Waals surface area contributed by atoms with Gasteiger partial charge in [0, 0.05) is 12.3 Å². The second kappa shape index (κ2) is 4.22. The Bertz CT molecular complexity index is 707. The number of nitrogens with two attached hydrogens (primary N) is 1. The lowest BCUT2D eigenvalue weighted by molar-refractivity contribution is 0.0933. The van der Waals surface area contributed by atoms with Crippen LogP contribution in [0.5, 0.6) is 5.88 Å². The highest BCUT2D eigenvalue weighted by Crippen LogP contribution is 2.31. The molecule has 0 fully saturated rings. The molecule has 0 spiro atoms. The molecule has 1 heterocycles. The molecule has 0 aliphatic carbocycles. The van der Waals surface area contributed by atoms with E-state index in [-0.39, 0.29) is 23.1 Å². The van der Waals surface area contributed by atoms with Gasteiger partial charge >= 0.3 is 0 Å². The molecule has 0 atom stereocenters. The molecule has 6 nitrogen and oxygen atoms in total. The fourth-order valence-corrected chi connectivity index (χ4v) is 1.93. The highest BCUT2D eigenvalue weighted by molar-refractivity contribution is 6.21. The molecular weight excluding hydrogens is 232 g/mol. The van der Waals surface area contributed by atoms with E-state index in [9.17, 15) is 9.90 Å². The maximum atomic E-state index is 11.5. The van der Waals surface area contributed by atoms with E-state index in [4.69, 9.17) is 11.1 Å². The number of hydrogen-bond donors (Lipinski definition) is 2. The van der Waals surface area contributed by atoms with Crippen LogP contribution in [0.2, 0.25) is 0 Å². The average Bonchev–Trinajstić information content (AvgIpc) is 2.64. The Labute approximate surface area is 103 Å². The number of aromatic hydroxyl groups is 1. The molecule has 3 N–H and O–H groups in total. The maximum absolute atomic E-state index is 11.5. The summed E-state index contributed by atoms with van der Waals surface area (Å²) in [4.78, 5) is 11.5. The summed E-state index contributed by atoms with van der Waals surface area (Å²) in [6.07, 6.45) is 0. The summed E-state index contributed by atoms with van der Waals surface area (Å²) in [5, 5.41) is 22.9. The van der Waals surface area contributed by atoms with Crippen LogP contribution in [0, 0.1) is 11.3 Å². The fourth-order valence-electron chi connectivity index (χ4n) is 1.93. The maximum Gasteiger partial charge on any atom is 0.230 e. The number of hydrogen-bond acceptors (Lipinski definition) is 5. The molecule has 0 saturated carbocycles. The molecule has 90 valence electrons. The molecule has 0 amide bonds. The minimum atomic E-state index is -0.357. The van der Waals surface area contributed by atoms with Gasteiger partial charge in [0.1, 0.15) is 6.07 Å². The Morgan fingerprint density at radius 3 is 2.72 bits per heavy atom. The third kappa shape index (κ3) is 1.50. The van der Waals surface area contributed by atoms with Gasteiger partial charge in [-0.2, -0.15) is 10.4 Å². The van der Waals surface area contributed by atoms with Gasteiger partial charge in [0.2, 0.25) is 11.8 Å². The van der Waals surface area contributed by atoms with Crippen molar-refractivity contribution < 1.29 is 9.90 Å². The minimum Gasteiger partial charge on any atom is -0.494 e. The molecule has 1 aromatic carbocycles. The molecule has 2 aromatic rings. The van der Waals surface area contributed by atoms with Crippen molar-refractivity contribution in [2.24, 2.45) is 10.9 Å². The lowest BCUT2D eigenvalue weighted by Gasteiger charge is -2.00. The van der Waals surface area contributed by atoms with Crippen molar-refractivity contribution in [1.82, 2.24) is 4.57 Å². The summed E-state index contributed by atoms with van der Waals surface area (Å²) in [7, 11) is 0. The van der Waals surface area contributed by atoms with E-state index in [0.29, 0.717) is 10.9 Å². The lowest BCUT2D eigenvalue weighted by Crippen LogP contribution is -2.06. The number of carbonyl (C=O) groups is 1. The van der Waals surface area contributed by atoms with E-state index in [1.807, 2.05) is 0 Å². The van der Waals surface area contributed by atoms with Crippen LogP contribution >= 0.6 is 0 Å². The quantitative estimate of drug-likeness (QED) is 0.445. The number of nitrogens with zero attached hydrogens (tertiary/aromatic N) is 3. The first-order valence-electron chi connectivity index (χ1n) is 5.13. The highest BCUT2D eigenvalue weighted by atomic mass is 16.3. The van der Waals surface area contributed by atoms with Crippen molar-refractivity contribution in [2.45, 2.75) is 6.92 Å². The van der Waals surface area contributed by atoms with Gasteiger partial charge in [-0.25, -0.2) is 0 Å². The third-order valence-electron chi connectivity index (χ3n) is 2.64. The first-order valence-corrected chi connectivity index (χ1v) is 5.13. The number of fused-ring (bicyclic) bond motifs is 1. The first kappa shape index (κ1) is 11.7. The summed E-state index contributed by atoms with van der Waals surface area (Å²) in [5.74, 6) is 4.44. The molecule has 0 bridgehead atoms. The number of nitriles is 1. The smallest absolute Gasteiger partial charge is 0.230 e. The number of carbonyl (C=O) groups excluding carboxylic acids is 1. The van der Waals surface area contributed by atoms with E-state index in [1.54, 1.807) is 30.3 Å². The van der Waals surface area contributed by atoms with Crippen LogP contribution in [0.3, 0.4) is 0 Å². The van der Waals surface area contributed by atoms with Crippen LogP contribution in [0.1, 0.15) is 17.3 Å². The summed E-state index contributed by atoms with van der Waals surface area (Å²) < 4.78 is 1.12. The normalized spacial score (nSPS) is 11.4. The summed E-state index contributed by atoms with van der Waals surface area (Å²) in [5.41, 5.74) is 0.559. The number of para-hydroxylation sites is 1. The minimum absolute atomic E-state index is 0.122. The van der Waals surface area contributed by atoms with Gasteiger partial charge in [-0.1, -0.05) is 18.2 Å². The monoisotopic (exact) mass is 242 g/mol. The summed E-state index contributed by atoms with van der Waals surface area (Å²) >= 11 is 0. The number of rotatable bonds is 1. The van der Waals surface area contributed by atoms with Gasteiger partial charge in [0.05, 0.1) is 11.1 Å². The molecule has 1 aromatic heterocycles. The second-order valence-corrected chi connectivity index (χ2v) is 3.66. The predicted octanol–water partition coefficient (Wildman–Crippen LogP) is 1.19. The molecule has 0 saturated heterocycles. The van der Waals surface area contributed by atoms with Crippen LogP contribution < -0.4 is 5.84 Å². The number of benzene rings is 1. The van der Waals surface area contributed by atoms with E-state index in [0.717, 1.165) is 4.57 Å².